The van der Waals surface area contributed by atoms with Gasteiger partial charge in [0.2, 0.25) is 0 Å². The number of H-pyrrole nitrogens is 1. The van der Waals surface area contributed by atoms with Crippen LogP contribution in [0.5, 0.6) is 0 Å². The van der Waals surface area contributed by atoms with Crippen LogP contribution >= 0.6 is 0 Å². The first-order chi connectivity index (χ1) is 22.5. The van der Waals surface area contributed by atoms with Crippen LogP contribution in [0.1, 0.15) is 33.2 Å². The van der Waals surface area contributed by atoms with Crippen molar-refractivity contribution in [2.45, 2.75) is 13.0 Å². The van der Waals surface area contributed by atoms with Gasteiger partial charge in [0.15, 0.2) is 5.65 Å². The summed E-state index contributed by atoms with van der Waals surface area (Å²) in [6.07, 6.45) is 0. The van der Waals surface area contributed by atoms with E-state index in [1.807, 2.05) is 65.6 Å². The number of piperazine rings is 1. The first-order valence-electron chi connectivity index (χ1n) is 15.4. The Morgan fingerprint density at radius 2 is 1.24 bits per heavy atom. The maximum Gasteiger partial charge on any atom is 0.334 e. The highest BCUT2D eigenvalue weighted by atomic mass is 16.2. The van der Waals surface area contributed by atoms with Crippen LogP contribution in [0.25, 0.3) is 27.8 Å². The lowest BCUT2D eigenvalue weighted by atomic mass is 9.94. The van der Waals surface area contributed by atoms with Gasteiger partial charge in [0.25, 0.3) is 11.5 Å². The molecule has 0 radical (unpaired) electrons. The second kappa shape index (κ2) is 12.4. The average Bonchev–Trinajstić information content (AvgIpc) is 3.10. The van der Waals surface area contributed by atoms with E-state index in [-0.39, 0.29) is 23.0 Å². The molecule has 0 spiro atoms. The molecule has 2 aromatic heterocycles. The zero-order valence-electron chi connectivity index (χ0n) is 25.5. The number of carbonyl (C=O) groups is 1. The van der Waals surface area contributed by atoms with Gasteiger partial charge in [0.1, 0.15) is 0 Å². The third kappa shape index (κ3) is 5.33. The average molecular weight is 608 g/mol. The normalized spacial score (nSPS) is 13.7. The van der Waals surface area contributed by atoms with Crippen LogP contribution in [0.15, 0.2) is 131 Å². The minimum atomic E-state index is -0.587. The van der Waals surface area contributed by atoms with Crippen molar-refractivity contribution in [2.24, 2.45) is 0 Å². The number of para-hydroxylation sites is 1. The monoisotopic (exact) mass is 607 g/mol. The summed E-state index contributed by atoms with van der Waals surface area (Å²) in [7, 11) is 0. The summed E-state index contributed by atoms with van der Waals surface area (Å²) in [5, 5.41) is 0.204. The van der Waals surface area contributed by atoms with Crippen LogP contribution in [0, 0.1) is 6.92 Å². The van der Waals surface area contributed by atoms with E-state index in [0.29, 0.717) is 54.3 Å². The highest BCUT2D eigenvalue weighted by Gasteiger charge is 2.32. The van der Waals surface area contributed by atoms with Gasteiger partial charge in [-0.2, -0.15) is 0 Å². The van der Waals surface area contributed by atoms with E-state index < -0.39 is 11.2 Å². The minimum Gasteiger partial charge on any atom is -0.336 e. The topological polar surface area (TPSA) is 91.3 Å². The van der Waals surface area contributed by atoms with Gasteiger partial charge >= 0.3 is 5.69 Å². The number of aromatic amines is 1. The third-order valence-electron chi connectivity index (χ3n) is 8.71. The van der Waals surface area contributed by atoms with Crippen molar-refractivity contribution in [1.29, 1.82) is 0 Å². The Morgan fingerprint density at radius 3 is 1.80 bits per heavy atom. The first kappa shape index (κ1) is 29.1. The predicted molar refractivity (Wildman–Crippen MR) is 180 cm³/mol. The fourth-order valence-corrected chi connectivity index (χ4v) is 6.57. The number of aryl methyl sites for hydroxylation is 1. The molecule has 6 aromatic rings. The number of amides is 1. The van der Waals surface area contributed by atoms with E-state index in [1.165, 1.54) is 15.7 Å². The number of benzene rings is 4. The van der Waals surface area contributed by atoms with Crippen LogP contribution in [-0.4, -0.2) is 56.4 Å². The SMILES string of the molecule is Cc1nc2c(c(-c3ccccc3)c1C(=O)N1CCN(C(c3ccccc3)c3ccccc3)CC1)c(=O)[nH]c(=O)n2-c1ccccc1. The van der Waals surface area contributed by atoms with E-state index >= 15 is 0 Å². The number of nitrogens with zero attached hydrogens (tertiary/aromatic N) is 4. The number of fused-ring (bicyclic) bond motifs is 1. The Kier molecular flexibility index (Phi) is 7.86. The molecular weight excluding hydrogens is 574 g/mol. The zero-order chi connectivity index (χ0) is 31.6. The lowest BCUT2D eigenvalue weighted by molar-refractivity contribution is 0.0597. The largest absolute Gasteiger partial charge is 0.336 e. The van der Waals surface area contributed by atoms with Gasteiger partial charge in [0.05, 0.1) is 28.4 Å². The molecule has 1 aliphatic heterocycles. The van der Waals surface area contributed by atoms with Crippen molar-refractivity contribution >= 4 is 16.9 Å². The van der Waals surface area contributed by atoms with Crippen LogP contribution in [0.2, 0.25) is 0 Å². The Morgan fingerprint density at radius 1 is 0.717 bits per heavy atom. The summed E-state index contributed by atoms with van der Waals surface area (Å²) in [5.74, 6) is -0.182. The van der Waals surface area contributed by atoms with Crippen LogP contribution in [-0.2, 0) is 0 Å². The highest BCUT2D eigenvalue weighted by Crippen LogP contribution is 2.34. The lowest BCUT2D eigenvalue weighted by Gasteiger charge is -2.40. The molecule has 228 valence electrons. The van der Waals surface area contributed by atoms with E-state index in [2.05, 4.69) is 58.4 Å². The number of carbonyl (C=O) groups excluding carboxylic acids is 1. The molecule has 3 heterocycles. The van der Waals surface area contributed by atoms with Gasteiger partial charge in [-0.3, -0.25) is 19.5 Å². The summed E-state index contributed by atoms with van der Waals surface area (Å²) in [5.41, 5.74) is 4.05. The number of aromatic nitrogens is 3. The van der Waals surface area contributed by atoms with Gasteiger partial charge in [-0.15, -0.1) is 0 Å². The molecule has 0 bridgehead atoms. The molecule has 1 saturated heterocycles. The van der Waals surface area contributed by atoms with Gasteiger partial charge in [-0.1, -0.05) is 109 Å². The lowest BCUT2D eigenvalue weighted by Crippen LogP contribution is -2.50. The second-order valence-corrected chi connectivity index (χ2v) is 11.5. The molecule has 8 heteroatoms. The van der Waals surface area contributed by atoms with Gasteiger partial charge < -0.3 is 4.90 Å². The molecule has 4 aromatic carbocycles. The fraction of sp³-hybridized carbons (Fsp3) is 0.158. The van der Waals surface area contributed by atoms with E-state index in [1.54, 1.807) is 19.1 Å². The Hall–Kier alpha value is -5.60. The summed E-state index contributed by atoms with van der Waals surface area (Å²) < 4.78 is 1.40. The number of pyridine rings is 1. The summed E-state index contributed by atoms with van der Waals surface area (Å²) in [6.45, 7) is 4.16. The zero-order valence-corrected chi connectivity index (χ0v) is 25.5. The molecule has 0 saturated carbocycles. The Balaban J connectivity index is 1.30. The smallest absolute Gasteiger partial charge is 0.334 e. The second-order valence-electron chi connectivity index (χ2n) is 11.5. The number of hydrogen-bond donors (Lipinski definition) is 1. The van der Waals surface area contributed by atoms with Crippen molar-refractivity contribution in [1.82, 2.24) is 24.3 Å². The van der Waals surface area contributed by atoms with E-state index in [0.717, 1.165) is 0 Å². The molecule has 7 rings (SSSR count). The van der Waals surface area contributed by atoms with Crippen molar-refractivity contribution < 1.29 is 4.79 Å². The van der Waals surface area contributed by atoms with Crippen LogP contribution in [0.3, 0.4) is 0 Å². The van der Waals surface area contributed by atoms with Crippen LogP contribution < -0.4 is 11.2 Å². The third-order valence-corrected chi connectivity index (χ3v) is 8.71. The predicted octanol–water partition coefficient (Wildman–Crippen LogP) is 5.60. The summed E-state index contributed by atoms with van der Waals surface area (Å²) in [6, 6.07) is 39.4. The summed E-state index contributed by atoms with van der Waals surface area (Å²) >= 11 is 0. The molecule has 0 unspecified atom stereocenters. The van der Waals surface area contributed by atoms with Gasteiger partial charge in [0, 0.05) is 31.7 Å². The maximum atomic E-state index is 14.5. The molecular formula is C38H33N5O3. The Bertz CT molecular complexity index is 2080. The molecule has 1 fully saturated rings. The van der Waals surface area contributed by atoms with E-state index in [9.17, 15) is 14.4 Å². The number of hydrogen-bond acceptors (Lipinski definition) is 5. The molecule has 8 nitrogen and oxygen atoms in total. The molecule has 1 N–H and O–H groups in total. The molecule has 1 aliphatic rings. The first-order valence-corrected chi connectivity index (χ1v) is 15.4. The standard InChI is InChI=1S/C38H33N5O3/c1-26-31(37(45)42-24-22-41(23-25-42)34(28-16-8-3-9-17-28)29-18-10-4-11-19-29)32(27-14-6-2-7-15-27)33-35(39-26)43(38(46)40-36(33)44)30-20-12-5-13-21-30/h2-21,34H,22-25H2,1H3,(H,40,44,46). The number of nitrogens with one attached hydrogen (secondary N) is 1. The minimum absolute atomic E-state index is 0.0666. The van der Waals surface area contributed by atoms with E-state index in [4.69, 9.17) is 4.98 Å². The summed E-state index contributed by atoms with van der Waals surface area (Å²) in [4.78, 5) is 52.8. The van der Waals surface area contributed by atoms with Crippen molar-refractivity contribution in [3.05, 3.63) is 165 Å². The van der Waals surface area contributed by atoms with Gasteiger partial charge in [-0.25, -0.2) is 14.3 Å². The molecule has 0 atom stereocenters. The molecule has 46 heavy (non-hydrogen) atoms. The molecule has 1 amide bonds. The van der Waals surface area contributed by atoms with Crippen molar-refractivity contribution in [2.75, 3.05) is 26.2 Å². The fourth-order valence-electron chi connectivity index (χ4n) is 6.57. The van der Waals surface area contributed by atoms with Gasteiger partial charge in [-0.05, 0) is 35.7 Å². The van der Waals surface area contributed by atoms with Crippen molar-refractivity contribution in [3.63, 3.8) is 0 Å². The maximum absolute atomic E-state index is 14.5. The quantitative estimate of drug-likeness (QED) is 0.266. The van der Waals surface area contributed by atoms with Crippen LogP contribution in [0.4, 0.5) is 0 Å². The van der Waals surface area contributed by atoms with Crippen molar-refractivity contribution in [3.8, 4) is 16.8 Å². The Labute approximate surface area is 266 Å². The highest BCUT2D eigenvalue weighted by molar-refractivity contribution is 6.09. The molecule has 0 aliphatic carbocycles. The number of rotatable bonds is 6.